The van der Waals surface area contributed by atoms with Gasteiger partial charge in [0, 0.05) is 26.1 Å². The van der Waals surface area contributed by atoms with Crippen LogP contribution in [-0.2, 0) is 17.7 Å². The van der Waals surface area contributed by atoms with Gasteiger partial charge in [-0.2, -0.15) is 5.10 Å². The van der Waals surface area contributed by atoms with Gasteiger partial charge in [0.1, 0.15) is 17.2 Å². The van der Waals surface area contributed by atoms with E-state index in [1.54, 1.807) is 7.05 Å². The van der Waals surface area contributed by atoms with Crippen LogP contribution in [0.25, 0.3) is 0 Å². The zero-order chi connectivity index (χ0) is 20.9. The van der Waals surface area contributed by atoms with Gasteiger partial charge < -0.3 is 20.7 Å². The van der Waals surface area contributed by atoms with Crippen LogP contribution in [0.1, 0.15) is 52.7 Å². The number of halogens is 1. The number of carbonyl (C=O) groups is 1. The van der Waals surface area contributed by atoms with Gasteiger partial charge in [0.15, 0.2) is 5.96 Å². The first kappa shape index (κ1) is 25.4. The predicted molar refractivity (Wildman–Crippen MR) is 125 cm³/mol. The van der Waals surface area contributed by atoms with Crippen LogP contribution in [0.5, 0.6) is 0 Å². The molecule has 0 radical (unpaired) electrons. The highest BCUT2D eigenvalue weighted by Crippen LogP contribution is 2.13. The first-order valence-corrected chi connectivity index (χ1v) is 9.94. The third kappa shape index (κ3) is 8.35. The number of aliphatic imine (C=N–C) groups is 1. The number of fused-ring (bicyclic) bond motifs is 1. The molecule has 0 saturated heterocycles. The number of guanidine groups is 1. The number of ether oxygens (including phenoxy) is 1. The molecule has 2 heterocycles. The van der Waals surface area contributed by atoms with E-state index in [0.717, 1.165) is 31.0 Å². The number of hydrogen-bond acceptors (Lipinski definition) is 5. The Balaban J connectivity index is 0.00000420. The molecule has 0 saturated carbocycles. The van der Waals surface area contributed by atoms with E-state index in [0.29, 0.717) is 12.5 Å². The van der Waals surface area contributed by atoms with Crippen LogP contribution in [0.4, 0.5) is 4.79 Å². The Morgan fingerprint density at radius 2 is 2.07 bits per heavy atom. The SMILES string of the molecule is CN=C(NCC(NC(=O)OC(C)(C)C)C(C)C)NC1CCc2nc(C)nn2C1.I. The van der Waals surface area contributed by atoms with Crippen LogP contribution in [-0.4, -0.2) is 58.1 Å². The summed E-state index contributed by atoms with van der Waals surface area (Å²) in [5, 5.41) is 14.1. The maximum absolute atomic E-state index is 12.1. The summed E-state index contributed by atoms with van der Waals surface area (Å²) in [4.78, 5) is 20.9. The summed E-state index contributed by atoms with van der Waals surface area (Å²) in [6.45, 7) is 12.9. The number of aromatic nitrogens is 3. The minimum Gasteiger partial charge on any atom is -0.444 e. The molecule has 2 unspecified atom stereocenters. The predicted octanol–water partition coefficient (Wildman–Crippen LogP) is 2.23. The highest BCUT2D eigenvalue weighted by molar-refractivity contribution is 14.0. The fraction of sp³-hybridized carbons (Fsp3) is 0.789. The molecule has 1 aromatic rings. The van der Waals surface area contributed by atoms with Crippen molar-refractivity contribution < 1.29 is 9.53 Å². The van der Waals surface area contributed by atoms with Gasteiger partial charge in [0.2, 0.25) is 0 Å². The van der Waals surface area contributed by atoms with Crippen molar-refractivity contribution in [3.8, 4) is 0 Å². The maximum Gasteiger partial charge on any atom is 0.407 e. The number of nitrogens with one attached hydrogen (secondary N) is 3. The molecule has 0 aromatic carbocycles. The number of aryl methyl sites for hydroxylation is 2. The average molecular weight is 521 g/mol. The number of alkyl carbamates (subject to hydrolysis) is 1. The Bertz CT molecular complexity index is 697. The second-order valence-electron chi connectivity index (χ2n) is 8.59. The number of rotatable bonds is 5. The standard InChI is InChI=1S/C19H35N7O2.HI/c1-12(2)15(24-18(27)28-19(4,5)6)10-21-17(20-7)23-14-8-9-16-22-13(3)25-26(16)11-14;/h12,14-15H,8-11H2,1-7H3,(H,24,27)(H2,20,21,23);1H. The van der Waals surface area contributed by atoms with Crippen molar-refractivity contribution in [1.82, 2.24) is 30.7 Å². The van der Waals surface area contributed by atoms with Gasteiger partial charge in [-0.05, 0) is 40.0 Å². The van der Waals surface area contributed by atoms with Crippen LogP contribution >= 0.6 is 24.0 Å². The second kappa shape index (κ2) is 11.0. The normalized spacial score (nSPS) is 17.8. The molecule has 9 nitrogen and oxygen atoms in total. The van der Waals surface area contributed by atoms with E-state index in [2.05, 4.69) is 44.9 Å². The van der Waals surface area contributed by atoms with Crippen LogP contribution < -0.4 is 16.0 Å². The molecule has 1 aliphatic rings. The van der Waals surface area contributed by atoms with Crippen molar-refractivity contribution >= 4 is 36.0 Å². The second-order valence-corrected chi connectivity index (χ2v) is 8.59. The van der Waals surface area contributed by atoms with E-state index < -0.39 is 11.7 Å². The monoisotopic (exact) mass is 521 g/mol. The Morgan fingerprint density at radius 3 is 2.66 bits per heavy atom. The van der Waals surface area contributed by atoms with Crippen molar-refractivity contribution in [3.05, 3.63) is 11.6 Å². The van der Waals surface area contributed by atoms with Gasteiger partial charge in [-0.25, -0.2) is 14.5 Å². The third-order valence-electron chi connectivity index (χ3n) is 4.52. The van der Waals surface area contributed by atoms with Crippen molar-refractivity contribution in [2.24, 2.45) is 10.9 Å². The molecule has 29 heavy (non-hydrogen) atoms. The van der Waals surface area contributed by atoms with E-state index in [1.807, 2.05) is 32.4 Å². The van der Waals surface area contributed by atoms with Crippen LogP contribution in [0.3, 0.4) is 0 Å². The molecule has 2 rings (SSSR count). The maximum atomic E-state index is 12.1. The van der Waals surface area contributed by atoms with Gasteiger partial charge in [-0.1, -0.05) is 13.8 Å². The highest BCUT2D eigenvalue weighted by Gasteiger charge is 2.24. The lowest BCUT2D eigenvalue weighted by molar-refractivity contribution is 0.0491. The summed E-state index contributed by atoms with van der Waals surface area (Å²) in [6.07, 6.45) is 1.46. The molecule has 166 valence electrons. The summed E-state index contributed by atoms with van der Waals surface area (Å²) in [5.41, 5.74) is -0.518. The van der Waals surface area contributed by atoms with E-state index in [-0.39, 0.29) is 42.0 Å². The first-order valence-electron chi connectivity index (χ1n) is 9.94. The zero-order valence-electron chi connectivity index (χ0n) is 18.6. The van der Waals surface area contributed by atoms with Crippen LogP contribution in [0.2, 0.25) is 0 Å². The smallest absolute Gasteiger partial charge is 0.407 e. The fourth-order valence-electron chi connectivity index (χ4n) is 3.06. The minimum atomic E-state index is -0.518. The van der Waals surface area contributed by atoms with E-state index in [1.165, 1.54) is 0 Å². The molecule has 10 heteroatoms. The summed E-state index contributed by atoms with van der Waals surface area (Å²) >= 11 is 0. The Kier molecular flexibility index (Phi) is 9.63. The Labute approximate surface area is 190 Å². The topological polar surface area (TPSA) is 105 Å². The molecule has 0 fully saturated rings. The lowest BCUT2D eigenvalue weighted by atomic mass is 10.0. The molecule has 0 bridgehead atoms. The van der Waals surface area contributed by atoms with Gasteiger partial charge in [0.25, 0.3) is 0 Å². The number of carbonyl (C=O) groups excluding carboxylic acids is 1. The molecule has 0 spiro atoms. The molecule has 0 aliphatic carbocycles. The van der Waals surface area contributed by atoms with E-state index in [4.69, 9.17) is 4.74 Å². The molecular weight excluding hydrogens is 485 g/mol. The van der Waals surface area contributed by atoms with Crippen molar-refractivity contribution in [2.75, 3.05) is 13.6 Å². The molecular formula is C19H36IN7O2. The molecule has 1 amide bonds. The van der Waals surface area contributed by atoms with Gasteiger partial charge in [-0.15, -0.1) is 24.0 Å². The quantitative estimate of drug-likeness (QED) is 0.312. The lowest BCUT2D eigenvalue weighted by Crippen LogP contribution is -2.52. The molecule has 3 N–H and O–H groups in total. The van der Waals surface area contributed by atoms with Crippen molar-refractivity contribution in [2.45, 2.75) is 78.6 Å². The van der Waals surface area contributed by atoms with E-state index >= 15 is 0 Å². The number of nitrogens with zero attached hydrogens (tertiary/aromatic N) is 4. The summed E-state index contributed by atoms with van der Waals surface area (Å²) in [5.74, 6) is 2.81. The van der Waals surface area contributed by atoms with Crippen molar-refractivity contribution in [3.63, 3.8) is 0 Å². The van der Waals surface area contributed by atoms with Crippen LogP contribution in [0.15, 0.2) is 4.99 Å². The van der Waals surface area contributed by atoms with Gasteiger partial charge in [0.05, 0.1) is 12.6 Å². The van der Waals surface area contributed by atoms with Crippen molar-refractivity contribution in [1.29, 1.82) is 0 Å². The fourth-order valence-corrected chi connectivity index (χ4v) is 3.06. The Morgan fingerprint density at radius 1 is 1.38 bits per heavy atom. The lowest BCUT2D eigenvalue weighted by Gasteiger charge is -2.28. The largest absolute Gasteiger partial charge is 0.444 e. The molecule has 1 aromatic heterocycles. The van der Waals surface area contributed by atoms with Gasteiger partial charge >= 0.3 is 6.09 Å². The Hall–Kier alpha value is -1.59. The summed E-state index contributed by atoms with van der Waals surface area (Å²) in [7, 11) is 1.74. The molecule has 1 aliphatic heterocycles. The molecule has 2 atom stereocenters. The first-order chi connectivity index (χ1) is 13.1. The summed E-state index contributed by atoms with van der Waals surface area (Å²) in [6, 6.07) is 0.153. The zero-order valence-corrected chi connectivity index (χ0v) is 20.9. The number of hydrogen-bond donors (Lipinski definition) is 3. The summed E-state index contributed by atoms with van der Waals surface area (Å²) < 4.78 is 7.33. The minimum absolute atomic E-state index is 0. The van der Waals surface area contributed by atoms with E-state index in [9.17, 15) is 4.79 Å². The average Bonchev–Trinajstić information content (AvgIpc) is 2.94. The third-order valence-corrected chi connectivity index (χ3v) is 4.52. The highest BCUT2D eigenvalue weighted by atomic mass is 127. The number of amides is 1. The van der Waals surface area contributed by atoms with Crippen LogP contribution in [0, 0.1) is 12.8 Å². The van der Waals surface area contributed by atoms with Gasteiger partial charge in [-0.3, -0.25) is 4.99 Å².